The van der Waals surface area contributed by atoms with E-state index in [1.165, 1.54) is 11.3 Å². The Balaban J connectivity index is 2.82. The minimum atomic E-state index is -2.48. The minimum absolute atomic E-state index is 0.0236. The molecular weight excluding hydrogens is 272 g/mol. The van der Waals surface area contributed by atoms with E-state index in [0.717, 1.165) is 4.70 Å². The molecule has 5 heteroatoms. The molecule has 0 atom stereocenters. The number of hydrogen-bond donors (Lipinski definition) is 1. The number of nitrogens with two attached hydrogens (primary N) is 1. The number of anilines is 1. The van der Waals surface area contributed by atoms with Crippen molar-refractivity contribution in [1.82, 2.24) is 0 Å². The lowest BCUT2D eigenvalue weighted by Crippen LogP contribution is -1.86. The van der Waals surface area contributed by atoms with Gasteiger partial charge in [0.2, 0.25) is 0 Å². The van der Waals surface area contributed by atoms with Crippen molar-refractivity contribution in [2.24, 2.45) is 0 Å². The molecule has 2 aromatic rings. The molecule has 0 bridgehead atoms. The smallest absolute Gasteiger partial charge is 0.265 e. The normalized spacial score (nSPS) is 11.4. The zero-order valence-electron chi connectivity index (χ0n) is 6.93. The molecule has 0 aliphatic heterocycles. The van der Waals surface area contributed by atoms with E-state index in [-0.39, 0.29) is 5.56 Å². The fourth-order valence-electron chi connectivity index (χ4n) is 1.35. The van der Waals surface area contributed by atoms with Gasteiger partial charge in [-0.2, -0.15) is 0 Å². The number of thiophene rings is 1. The van der Waals surface area contributed by atoms with E-state index in [1.807, 2.05) is 0 Å². The van der Waals surface area contributed by atoms with Gasteiger partial charge in [-0.1, -0.05) is 15.9 Å². The number of rotatable bonds is 1. The standard InChI is InChI=1S/C9H6BrF2NS/c10-5-1-2-6-4(3-7(13)14-6)8(5)9(11)12/h1-3,9H,13H2. The predicted molar refractivity (Wildman–Crippen MR) is 58.9 cm³/mol. The first-order valence-corrected chi connectivity index (χ1v) is 5.46. The third kappa shape index (κ3) is 1.50. The monoisotopic (exact) mass is 277 g/mol. The molecule has 74 valence electrons. The molecule has 2 rings (SSSR count). The molecule has 0 amide bonds. The maximum absolute atomic E-state index is 12.7. The van der Waals surface area contributed by atoms with Gasteiger partial charge < -0.3 is 5.73 Å². The van der Waals surface area contributed by atoms with Crippen LogP contribution in [0.4, 0.5) is 13.8 Å². The van der Waals surface area contributed by atoms with Crippen LogP contribution >= 0.6 is 27.3 Å². The number of hydrogen-bond acceptors (Lipinski definition) is 2. The van der Waals surface area contributed by atoms with Crippen LogP contribution in [0.2, 0.25) is 0 Å². The average molecular weight is 278 g/mol. The molecule has 0 radical (unpaired) electrons. The highest BCUT2D eigenvalue weighted by Crippen LogP contribution is 2.38. The van der Waals surface area contributed by atoms with Crippen LogP contribution in [-0.2, 0) is 0 Å². The van der Waals surface area contributed by atoms with Gasteiger partial charge in [0.1, 0.15) is 0 Å². The lowest BCUT2D eigenvalue weighted by Gasteiger charge is -2.04. The van der Waals surface area contributed by atoms with Gasteiger partial charge in [0.15, 0.2) is 0 Å². The lowest BCUT2D eigenvalue weighted by atomic mass is 10.1. The lowest BCUT2D eigenvalue weighted by molar-refractivity contribution is 0.152. The van der Waals surface area contributed by atoms with Crippen LogP contribution in [0, 0.1) is 0 Å². The molecule has 14 heavy (non-hydrogen) atoms. The maximum Gasteiger partial charge on any atom is 0.265 e. The van der Waals surface area contributed by atoms with E-state index < -0.39 is 6.43 Å². The molecule has 0 saturated heterocycles. The van der Waals surface area contributed by atoms with Gasteiger partial charge in [0.05, 0.1) is 5.00 Å². The first-order valence-electron chi connectivity index (χ1n) is 3.85. The van der Waals surface area contributed by atoms with Gasteiger partial charge in [-0.15, -0.1) is 11.3 Å². The van der Waals surface area contributed by atoms with Crippen LogP contribution in [0.15, 0.2) is 22.7 Å². The molecule has 0 spiro atoms. The third-order valence-electron chi connectivity index (χ3n) is 1.93. The Kier molecular flexibility index (Phi) is 2.45. The summed E-state index contributed by atoms with van der Waals surface area (Å²) >= 11 is 4.43. The van der Waals surface area contributed by atoms with Crippen molar-refractivity contribution < 1.29 is 8.78 Å². The van der Waals surface area contributed by atoms with Crippen LogP contribution in [0.3, 0.4) is 0 Å². The second kappa shape index (κ2) is 3.47. The highest BCUT2D eigenvalue weighted by molar-refractivity contribution is 9.10. The van der Waals surface area contributed by atoms with Gasteiger partial charge in [-0.25, -0.2) is 8.78 Å². The van der Waals surface area contributed by atoms with E-state index in [4.69, 9.17) is 5.73 Å². The van der Waals surface area contributed by atoms with E-state index in [2.05, 4.69) is 15.9 Å². The summed E-state index contributed by atoms with van der Waals surface area (Å²) in [6, 6.07) is 5.00. The molecule has 1 aromatic heterocycles. The average Bonchev–Trinajstić information content (AvgIpc) is 2.43. The van der Waals surface area contributed by atoms with Crippen LogP contribution in [0.5, 0.6) is 0 Å². The van der Waals surface area contributed by atoms with Crippen LogP contribution < -0.4 is 5.73 Å². The summed E-state index contributed by atoms with van der Waals surface area (Å²) in [7, 11) is 0. The third-order valence-corrected chi connectivity index (χ3v) is 3.55. The van der Waals surface area contributed by atoms with Crippen molar-refractivity contribution in [3.05, 3.63) is 28.2 Å². The Bertz CT molecular complexity index is 481. The number of alkyl halides is 2. The molecule has 1 nitrogen and oxygen atoms in total. The van der Waals surface area contributed by atoms with Gasteiger partial charge in [-0.3, -0.25) is 0 Å². The highest BCUT2D eigenvalue weighted by atomic mass is 79.9. The molecule has 0 aliphatic rings. The van der Waals surface area contributed by atoms with Gasteiger partial charge in [0.25, 0.3) is 6.43 Å². The molecule has 2 N–H and O–H groups in total. The largest absolute Gasteiger partial charge is 0.391 e. The molecule has 1 heterocycles. The summed E-state index contributed by atoms with van der Waals surface area (Å²) in [5.41, 5.74) is 5.59. The summed E-state index contributed by atoms with van der Waals surface area (Å²) in [4.78, 5) is 0. The zero-order valence-corrected chi connectivity index (χ0v) is 9.33. The van der Waals surface area contributed by atoms with E-state index in [1.54, 1.807) is 18.2 Å². The fourth-order valence-corrected chi connectivity index (χ4v) is 2.71. The molecule has 1 aromatic carbocycles. The Labute approximate surface area is 91.7 Å². The Morgan fingerprint density at radius 2 is 2.07 bits per heavy atom. The van der Waals surface area contributed by atoms with E-state index in [9.17, 15) is 8.78 Å². The summed E-state index contributed by atoms with van der Waals surface area (Å²) in [5, 5.41) is 1.09. The Morgan fingerprint density at radius 1 is 1.36 bits per heavy atom. The van der Waals surface area contributed by atoms with Crippen molar-refractivity contribution >= 4 is 42.4 Å². The first-order chi connectivity index (χ1) is 6.59. The number of halogens is 3. The van der Waals surface area contributed by atoms with Gasteiger partial charge in [-0.05, 0) is 18.2 Å². The van der Waals surface area contributed by atoms with Crippen LogP contribution in [0.25, 0.3) is 10.1 Å². The summed E-state index contributed by atoms with van der Waals surface area (Å²) < 4.78 is 26.6. The summed E-state index contributed by atoms with van der Waals surface area (Å²) in [6.45, 7) is 0. The van der Waals surface area contributed by atoms with Crippen LogP contribution in [0.1, 0.15) is 12.0 Å². The Morgan fingerprint density at radius 3 is 2.71 bits per heavy atom. The van der Waals surface area contributed by atoms with Crippen LogP contribution in [-0.4, -0.2) is 0 Å². The highest BCUT2D eigenvalue weighted by Gasteiger charge is 2.16. The van der Waals surface area contributed by atoms with Gasteiger partial charge in [0, 0.05) is 20.1 Å². The fraction of sp³-hybridized carbons (Fsp3) is 0.111. The van der Waals surface area contributed by atoms with Crippen molar-refractivity contribution in [1.29, 1.82) is 0 Å². The first kappa shape index (κ1) is 9.86. The summed E-state index contributed by atoms with van der Waals surface area (Å²) in [5.74, 6) is 0. The minimum Gasteiger partial charge on any atom is -0.391 e. The van der Waals surface area contributed by atoms with Crippen molar-refractivity contribution in [2.75, 3.05) is 5.73 Å². The molecule has 0 unspecified atom stereocenters. The quantitative estimate of drug-likeness (QED) is 0.831. The topological polar surface area (TPSA) is 26.0 Å². The molecule has 0 saturated carbocycles. The number of benzene rings is 1. The molecule has 0 aliphatic carbocycles. The van der Waals surface area contributed by atoms with Crippen molar-refractivity contribution in [3.63, 3.8) is 0 Å². The SMILES string of the molecule is Nc1cc2c(C(F)F)c(Br)ccc2s1. The second-order valence-electron chi connectivity index (χ2n) is 2.82. The second-order valence-corrected chi connectivity index (χ2v) is 4.79. The Hall–Kier alpha value is -0.680. The van der Waals surface area contributed by atoms with E-state index in [0.29, 0.717) is 14.9 Å². The summed E-state index contributed by atoms with van der Waals surface area (Å²) in [6.07, 6.45) is -2.48. The van der Waals surface area contributed by atoms with Gasteiger partial charge >= 0.3 is 0 Å². The molecule has 0 fully saturated rings. The van der Waals surface area contributed by atoms with Crippen molar-refractivity contribution in [2.45, 2.75) is 6.43 Å². The number of nitrogen functional groups attached to an aromatic ring is 1. The number of fused-ring (bicyclic) bond motifs is 1. The zero-order chi connectivity index (χ0) is 10.3. The molecular formula is C9H6BrF2NS. The van der Waals surface area contributed by atoms with Crippen molar-refractivity contribution in [3.8, 4) is 0 Å². The maximum atomic E-state index is 12.7. The predicted octanol–water partition coefficient (Wildman–Crippen LogP) is 4.18. The van der Waals surface area contributed by atoms with E-state index >= 15 is 0 Å².